The summed E-state index contributed by atoms with van der Waals surface area (Å²) >= 11 is 0. The van der Waals surface area contributed by atoms with Gasteiger partial charge in [0.05, 0.1) is 5.60 Å². The largest absolute Gasteiger partial charge is 0.388 e. The first-order valence-electron chi connectivity index (χ1n) is 7.00. The standard InChI is InChI=1S/C14H27N5O/c1-6-7-14(5,20)9-16-10-8-11(19-15)18-12(17-10)13(2,3)4/h8,20H,6-7,9,15H2,1-5H3,(H2,16,17,18,19). The van der Waals surface area contributed by atoms with Crippen molar-refractivity contribution in [1.29, 1.82) is 0 Å². The first-order chi connectivity index (χ1) is 9.18. The zero-order valence-corrected chi connectivity index (χ0v) is 13.1. The molecule has 0 spiro atoms. The molecule has 1 aromatic heterocycles. The lowest BCUT2D eigenvalue weighted by Gasteiger charge is -2.24. The number of aliphatic hydroxyl groups is 1. The van der Waals surface area contributed by atoms with E-state index in [0.29, 0.717) is 24.0 Å². The van der Waals surface area contributed by atoms with Gasteiger partial charge in [0.1, 0.15) is 17.5 Å². The van der Waals surface area contributed by atoms with Gasteiger partial charge in [-0.3, -0.25) is 0 Å². The molecule has 0 saturated heterocycles. The molecule has 0 aliphatic heterocycles. The van der Waals surface area contributed by atoms with Gasteiger partial charge in [0, 0.05) is 18.0 Å². The molecule has 0 aliphatic rings. The lowest BCUT2D eigenvalue weighted by molar-refractivity contribution is 0.0636. The van der Waals surface area contributed by atoms with Gasteiger partial charge in [0.25, 0.3) is 0 Å². The summed E-state index contributed by atoms with van der Waals surface area (Å²) < 4.78 is 0. The zero-order valence-electron chi connectivity index (χ0n) is 13.1. The van der Waals surface area contributed by atoms with E-state index in [9.17, 15) is 5.11 Å². The predicted molar refractivity (Wildman–Crippen MR) is 82.6 cm³/mol. The monoisotopic (exact) mass is 281 g/mol. The Morgan fingerprint density at radius 3 is 2.30 bits per heavy atom. The maximum absolute atomic E-state index is 10.2. The summed E-state index contributed by atoms with van der Waals surface area (Å²) in [5, 5.41) is 13.3. The summed E-state index contributed by atoms with van der Waals surface area (Å²) in [6.07, 6.45) is 1.67. The molecule has 0 bridgehead atoms. The molecule has 0 fully saturated rings. The average molecular weight is 281 g/mol. The van der Waals surface area contributed by atoms with Crippen molar-refractivity contribution in [2.75, 3.05) is 17.3 Å². The molecule has 1 unspecified atom stereocenters. The molecule has 0 aromatic carbocycles. The van der Waals surface area contributed by atoms with Crippen LogP contribution in [0.5, 0.6) is 0 Å². The number of aromatic nitrogens is 2. The third-order valence-electron chi connectivity index (χ3n) is 2.98. The molecular weight excluding hydrogens is 254 g/mol. The quantitative estimate of drug-likeness (QED) is 0.470. The highest BCUT2D eigenvalue weighted by Gasteiger charge is 2.21. The second-order valence-corrected chi connectivity index (χ2v) is 6.46. The number of nitrogens with one attached hydrogen (secondary N) is 2. The minimum Gasteiger partial charge on any atom is -0.388 e. The third-order valence-corrected chi connectivity index (χ3v) is 2.98. The fourth-order valence-electron chi connectivity index (χ4n) is 1.86. The van der Waals surface area contributed by atoms with Crippen LogP contribution in [0.2, 0.25) is 0 Å². The molecule has 1 heterocycles. The summed E-state index contributed by atoms with van der Waals surface area (Å²) in [5.74, 6) is 7.36. The van der Waals surface area contributed by atoms with Crippen LogP contribution in [0.15, 0.2) is 6.07 Å². The summed E-state index contributed by atoms with van der Waals surface area (Å²) in [6.45, 7) is 10.4. The first kappa shape index (κ1) is 16.7. The maximum atomic E-state index is 10.2. The highest BCUT2D eigenvalue weighted by molar-refractivity contribution is 5.47. The van der Waals surface area contributed by atoms with Gasteiger partial charge in [-0.05, 0) is 13.3 Å². The minimum atomic E-state index is -0.752. The minimum absolute atomic E-state index is 0.171. The predicted octanol–water partition coefficient (Wildman–Crippen LogP) is 2.02. The van der Waals surface area contributed by atoms with Gasteiger partial charge in [0.2, 0.25) is 0 Å². The molecule has 5 N–H and O–H groups in total. The number of hydrazine groups is 1. The summed E-state index contributed by atoms with van der Waals surface area (Å²) in [6, 6.07) is 1.73. The van der Waals surface area contributed by atoms with Gasteiger partial charge in [-0.15, -0.1) is 0 Å². The van der Waals surface area contributed by atoms with Crippen molar-refractivity contribution < 1.29 is 5.11 Å². The van der Waals surface area contributed by atoms with Crippen LogP contribution in [0.4, 0.5) is 11.6 Å². The van der Waals surface area contributed by atoms with Gasteiger partial charge >= 0.3 is 0 Å². The van der Waals surface area contributed by atoms with Crippen LogP contribution in [0.1, 0.15) is 53.3 Å². The van der Waals surface area contributed by atoms with E-state index in [0.717, 1.165) is 12.8 Å². The van der Waals surface area contributed by atoms with Crippen LogP contribution in [0.25, 0.3) is 0 Å². The molecule has 20 heavy (non-hydrogen) atoms. The fourth-order valence-corrected chi connectivity index (χ4v) is 1.86. The lowest BCUT2D eigenvalue weighted by atomic mass is 9.96. The van der Waals surface area contributed by atoms with E-state index in [2.05, 4.69) is 20.7 Å². The highest BCUT2D eigenvalue weighted by atomic mass is 16.3. The first-order valence-corrected chi connectivity index (χ1v) is 7.00. The van der Waals surface area contributed by atoms with Crippen LogP contribution in [-0.4, -0.2) is 27.2 Å². The number of nitrogens with two attached hydrogens (primary N) is 1. The topological polar surface area (TPSA) is 96.1 Å². The summed E-state index contributed by atoms with van der Waals surface area (Å²) in [5.41, 5.74) is 1.63. The van der Waals surface area contributed by atoms with Gasteiger partial charge in [-0.2, -0.15) is 0 Å². The SMILES string of the molecule is CCCC(C)(O)CNc1cc(NN)nc(C(C)(C)C)n1. The second kappa shape index (κ2) is 6.37. The van der Waals surface area contributed by atoms with Gasteiger partial charge < -0.3 is 15.8 Å². The lowest BCUT2D eigenvalue weighted by Crippen LogP contribution is -2.33. The average Bonchev–Trinajstić information content (AvgIpc) is 2.35. The summed E-state index contributed by atoms with van der Waals surface area (Å²) in [7, 11) is 0. The Hall–Kier alpha value is -1.40. The fraction of sp³-hybridized carbons (Fsp3) is 0.714. The van der Waals surface area contributed by atoms with E-state index >= 15 is 0 Å². The number of hydrogen-bond donors (Lipinski definition) is 4. The van der Waals surface area contributed by atoms with Crippen LogP contribution in [-0.2, 0) is 5.41 Å². The molecule has 114 valence electrons. The number of hydrogen-bond acceptors (Lipinski definition) is 6. The van der Waals surface area contributed by atoms with E-state index in [4.69, 9.17) is 5.84 Å². The van der Waals surface area contributed by atoms with Crippen molar-refractivity contribution in [3.63, 3.8) is 0 Å². The van der Waals surface area contributed by atoms with E-state index in [-0.39, 0.29) is 5.41 Å². The van der Waals surface area contributed by atoms with Crippen LogP contribution >= 0.6 is 0 Å². The normalized spacial score (nSPS) is 14.8. The van der Waals surface area contributed by atoms with Gasteiger partial charge in [0.15, 0.2) is 0 Å². The molecule has 6 nitrogen and oxygen atoms in total. The zero-order chi connectivity index (χ0) is 15.4. The van der Waals surface area contributed by atoms with Crippen LogP contribution < -0.4 is 16.6 Å². The van der Waals surface area contributed by atoms with Crippen molar-refractivity contribution in [1.82, 2.24) is 9.97 Å². The maximum Gasteiger partial charge on any atom is 0.145 e. The number of nitrogen functional groups attached to an aromatic ring is 1. The molecular formula is C14H27N5O. The second-order valence-electron chi connectivity index (χ2n) is 6.46. The number of rotatable bonds is 6. The Labute approximate surface area is 121 Å². The number of anilines is 2. The Balaban J connectivity index is 2.90. The molecule has 0 radical (unpaired) electrons. The Morgan fingerprint density at radius 1 is 1.20 bits per heavy atom. The smallest absolute Gasteiger partial charge is 0.145 e. The van der Waals surface area contributed by atoms with Gasteiger partial charge in [-0.25, -0.2) is 15.8 Å². The van der Waals surface area contributed by atoms with Crippen LogP contribution in [0, 0.1) is 0 Å². The van der Waals surface area contributed by atoms with Crippen LogP contribution in [0.3, 0.4) is 0 Å². The highest BCUT2D eigenvalue weighted by Crippen LogP contribution is 2.22. The van der Waals surface area contributed by atoms with E-state index in [1.54, 1.807) is 6.07 Å². The molecule has 1 rings (SSSR count). The van der Waals surface area contributed by atoms with Crippen molar-refractivity contribution >= 4 is 11.6 Å². The molecule has 1 aromatic rings. The van der Waals surface area contributed by atoms with Crippen molar-refractivity contribution in [2.24, 2.45) is 5.84 Å². The van der Waals surface area contributed by atoms with Gasteiger partial charge in [-0.1, -0.05) is 34.1 Å². The Morgan fingerprint density at radius 2 is 1.80 bits per heavy atom. The van der Waals surface area contributed by atoms with Crippen molar-refractivity contribution in [3.05, 3.63) is 11.9 Å². The molecule has 1 atom stereocenters. The van der Waals surface area contributed by atoms with Crippen molar-refractivity contribution in [2.45, 2.75) is 58.5 Å². The van der Waals surface area contributed by atoms with E-state index < -0.39 is 5.60 Å². The van der Waals surface area contributed by atoms with E-state index in [1.165, 1.54) is 0 Å². The summed E-state index contributed by atoms with van der Waals surface area (Å²) in [4.78, 5) is 8.84. The molecule has 6 heteroatoms. The Kier molecular flexibility index (Phi) is 5.30. The molecule has 0 amide bonds. The number of nitrogens with zero attached hydrogens (tertiary/aromatic N) is 2. The van der Waals surface area contributed by atoms with Crippen molar-refractivity contribution in [3.8, 4) is 0 Å². The molecule has 0 saturated carbocycles. The third kappa shape index (κ3) is 4.94. The van der Waals surface area contributed by atoms with E-state index in [1.807, 2.05) is 34.6 Å². The Bertz CT molecular complexity index is 440. The molecule has 0 aliphatic carbocycles.